The topological polar surface area (TPSA) is 99.1 Å². The number of aromatic hydroxyl groups is 1. The number of benzene rings is 2. The number of phenolic OH excluding ortho intramolecular Hbond substituents is 1. The van der Waals surface area contributed by atoms with Gasteiger partial charge in [0.05, 0.1) is 20.3 Å². The number of phenols is 1. The van der Waals surface area contributed by atoms with Crippen LogP contribution in [0.2, 0.25) is 0 Å². The van der Waals surface area contributed by atoms with Crippen LogP contribution >= 0.6 is 0 Å². The third-order valence-corrected chi connectivity index (χ3v) is 6.06. The Balaban J connectivity index is 1.26. The molecule has 0 atom stereocenters. The van der Waals surface area contributed by atoms with Gasteiger partial charge in [0.15, 0.2) is 0 Å². The maximum Gasteiger partial charge on any atom is 0.322 e. The molecule has 2 aliphatic rings. The second-order valence-electron chi connectivity index (χ2n) is 8.21. The molecule has 5 rings (SSSR count). The Morgan fingerprint density at radius 2 is 1.35 bits per heavy atom. The van der Waals surface area contributed by atoms with E-state index in [-0.39, 0.29) is 11.8 Å². The number of piperazine rings is 1. The Bertz CT molecular complexity index is 1080. The fraction of sp³-hybridized carbons (Fsp3) is 0.375. The van der Waals surface area contributed by atoms with E-state index in [1.165, 1.54) is 5.69 Å². The molecule has 2 fully saturated rings. The molecule has 1 aromatic heterocycles. The highest BCUT2D eigenvalue weighted by atomic mass is 16.5. The minimum absolute atomic E-state index is 0.274. The van der Waals surface area contributed by atoms with Gasteiger partial charge in [-0.1, -0.05) is 0 Å². The van der Waals surface area contributed by atoms with E-state index in [1.54, 1.807) is 19.2 Å². The Labute approximate surface area is 198 Å². The van der Waals surface area contributed by atoms with E-state index in [9.17, 15) is 5.11 Å². The number of rotatable bonds is 6. The number of nitrogens with one attached hydrogen (secondary N) is 1. The van der Waals surface area contributed by atoms with Gasteiger partial charge in [-0.05, 0) is 48.5 Å². The molecule has 0 spiro atoms. The molecule has 2 N–H and O–H groups in total. The average Bonchev–Trinajstić information content (AvgIpc) is 2.90. The molecular formula is C24H29N7O3. The Hall–Kier alpha value is -3.79. The Kier molecular flexibility index (Phi) is 6.48. The van der Waals surface area contributed by atoms with Gasteiger partial charge >= 0.3 is 6.01 Å². The van der Waals surface area contributed by atoms with Gasteiger partial charge in [-0.3, -0.25) is 0 Å². The second kappa shape index (κ2) is 10.0. The smallest absolute Gasteiger partial charge is 0.322 e. The van der Waals surface area contributed by atoms with Gasteiger partial charge in [-0.15, -0.1) is 0 Å². The molecule has 3 aromatic rings. The number of hydrogen-bond donors (Lipinski definition) is 2. The van der Waals surface area contributed by atoms with Crippen LogP contribution in [0.4, 0.5) is 29.0 Å². The highest BCUT2D eigenvalue weighted by Gasteiger charge is 2.21. The first-order valence-corrected chi connectivity index (χ1v) is 11.5. The SMILES string of the molecule is COc1nc(Nc2ccc(N3CCOCC3)cc2)nc(N2CCN(c3ccc(O)cc3)CC2)n1. The molecule has 10 heteroatoms. The molecule has 2 aromatic carbocycles. The van der Waals surface area contributed by atoms with Crippen LogP contribution in [0, 0.1) is 0 Å². The van der Waals surface area contributed by atoms with E-state index >= 15 is 0 Å². The van der Waals surface area contributed by atoms with Crippen LogP contribution < -0.4 is 24.8 Å². The fourth-order valence-corrected chi connectivity index (χ4v) is 4.17. The molecule has 0 saturated carbocycles. The lowest BCUT2D eigenvalue weighted by Crippen LogP contribution is -2.47. The van der Waals surface area contributed by atoms with Gasteiger partial charge in [0.2, 0.25) is 11.9 Å². The van der Waals surface area contributed by atoms with Crippen LogP contribution in [-0.4, -0.2) is 79.7 Å². The first kappa shape index (κ1) is 22.0. The maximum atomic E-state index is 9.53. The van der Waals surface area contributed by atoms with E-state index in [2.05, 4.69) is 47.1 Å². The van der Waals surface area contributed by atoms with Crippen molar-refractivity contribution in [2.45, 2.75) is 0 Å². The third kappa shape index (κ3) is 5.07. The maximum absolute atomic E-state index is 9.53. The van der Waals surface area contributed by atoms with Crippen molar-refractivity contribution >= 4 is 29.0 Å². The normalized spacial score (nSPS) is 16.4. The van der Waals surface area contributed by atoms with Gasteiger partial charge in [-0.2, -0.15) is 15.0 Å². The molecule has 2 saturated heterocycles. The Morgan fingerprint density at radius 3 is 2.00 bits per heavy atom. The van der Waals surface area contributed by atoms with Gasteiger partial charge in [0.1, 0.15) is 5.75 Å². The van der Waals surface area contributed by atoms with Crippen LogP contribution in [-0.2, 0) is 4.74 Å². The summed E-state index contributed by atoms with van der Waals surface area (Å²) >= 11 is 0. The predicted molar refractivity (Wildman–Crippen MR) is 132 cm³/mol. The van der Waals surface area contributed by atoms with E-state index in [0.717, 1.165) is 63.9 Å². The van der Waals surface area contributed by atoms with E-state index in [4.69, 9.17) is 9.47 Å². The minimum Gasteiger partial charge on any atom is -0.508 e. The first-order chi connectivity index (χ1) is 16.7. The molecule has 0 radical (unpaired) electrons. The van der Waals surface area contributed by atoms with Crippen LogP contribution in [0.5, 0.6) is 11.8 Å². The fourth-order valence-electron chi connectivity index (χ4n) is 4.17. The standard InChI is InChI=1S/C24H29N7O3/c1-33-24-27-22(25-18-2-4-19(5-3-18)30-14-16-34-17-15-30)26-23(28-24)31-12-10-29(11-13-31)20-6-8-21(32)9-7-20/h2-9,32H,10-17H2,1H3,(H,25,26,27,28). The van der Waals surface area contributed by atoms with Crippen molar-refractivity contribution in [2.75, 3.05) is 79.6 Å². The minimum atomic E-state index is 0.274. The number of aromatic nitrogens is 3. The van der Waals surface area contributed by atoms with E-state index in [0.29, 0.717) is 11.9 Å². The Morgan fingerprint density at radius 1 is 0.765 bits per heavy atom. The van der Waals surface area contributed by atoms with Gasteiger partial charge < -0.3 is 34.6 Å². The zero-order valence-electron chi connectivity index (χ0n) is 19.2. The lowest BCUT2D eigenvalue weighted by Gasteiger charge is -2.36. The summed E-state index contributed by atoms with van der Waals surface area (Å²) in [5.74, 6) is 1.31. The summed E-state index contributed by atoms with van der Waals surface area (Å²) in [6, 6.07) is 15.8. The van der Waals surface area contributed by atoms with Crippen molar-refractivity contribution in [2.24, 2.45) is 0 Å². The quantitative estimate of drug-likeness (QED) is 0.567. The number of methoxy groups -OCH3 is 1. The highest BCUT2D eigenvalue weighted by Crippen LogP contribution is 2.24. The van der Waals surface area contributed by atoms with Crippen LogP contribution in [0.15, 0.2) is 48.5 Å². The van der Waals surface area contributed by atoms with E-state index in [1.807, 2.05) is 24.3 Å². The molecule has 0 aliphatic carbocycles. The summed E-state index contributed by atoms with van der Waals surface area (Å²) in [7, 11) is 1.56. The molecule has 0 bridgehead atoms. The second-order valence-corrected chi connectivity index (χ2v) is 8.21. The zero-order valence-corrected chi connectivity index (χ0v) is 19.2. The number of anilines is 5. The summed E-state index contributed by atoms with van der Waals surface area (Å²) in [6.07, 6.45) is 0. The predicted octanol–water partition coefficient (Wildman–Crippen LogP) is 2.49. The van der Waals surface area contributed by atoms with Crippen molar-refractivity contribution in [1.82, 2.24) is 15.0 Å². The molecule has 0 amide bonds. The molecule has 3 heterocycles. The first-order valence-electron chi connectivity index (χ1n) is 11.5. The highest BCUT2D eigenvalue weighted by molar-refractivity contribution is 5.60. The van der Waals surface area contributed by atoms with E-state index < -0.39 is 0 Å². The van der Waals surface area contributed by atoms with Crippen molar-refractivity contribution < 1.29 is 14.6 Å². The summed E-state index contributed by atoms with van der Waals surface area (Å²) < 4.78 is 10.8. The third-order valence-electron chi connectivity index (χ3n) is 6.06. The molecule has 34 heavy (non-hydrogen) atoms. The number of hydrogen-bond acceptors (Lipinski definition) is 10. The average molecular weight is 464 g/mol. The number of ether oxygens (including phenoxy) is 2. The summed E-state index contributed by atoms with van der Waals surface area (Å²) in [5.41, 5.74) is 3.16. The molecule has 2 aliphatic heterocycles. The lowest BCUT2D eigenvalue weighted by atomic mass is 10.2. The van der Waals surface area contributed by atoms with Crippen molar-refractivity contribution in [1.29, 1.82) is 0 Å². The van der Waals surface area contributed by atoms with Crippen molar-refractivity contribution in [3.8, 4) is 11.8 Å². The molecule has 0 unspecified atom stereocenters. The van der Waals surface area contributed by atoms with Crippen LogP contribution in [0.3, 0.4) is 0 Å². The molecule has 178 valence electrons. The summed E-state index contributed by atoms with van der Waals surface area (Å²) in [5, 5.41) is 12.8. The largest absolute Gasteiger partial charge is 0.508 e. The van der Waals surface area contributed by atoms with Gasteiger partial charge in [-0.25, -0.2) is 0 Å². The van der Waals surface area contributed by atoms with Gasteiger partial charge in [0.25, 0.3) is 0 Å². The molecular weight excluding hydrogens is 434 g/mol. The van der Waals surface area contributed by atoms with Crippen molar-refractivity contribution in [3.63, 3.8) is 0 Å². The van der Waals surface area contributed by atoms with Gasteiger partial charge in [0, 0.05) is 56.3 Å². The van der Waals surface area contributed by atoms with Crippen LogP contribution in [0.25, 0.3) is 0 Å². The van der Waals surface area contributed by atoms with Crippen molar-refractivity contribution in [3.05, 3.63) is 48.5 Å². The number of morpholine rings is 1. The molecule has 10 nitrogen and oxygen atoms in total. The monoisotopic (exact) mass is 463 g/mol. The number of nitrogens with zero attached hydrogens (tertiary/aromatic N) is 6. The van der Waals surface area contributed by atoms with Crippen LogP contribution in [0.1, 0.15) is 0 Å². The zero-order chi connectivity index (χ0) is 23.3. The summed E-state index contributed by atoms with van der Waals surface area (Å²) in [4.78, 5) is 20.2. The lowest BCUT2D eigenvalue weighted by molar-refractivity contribution is 0.122. The summed E-state index contributed by atoms with van der Waals surface area (Å²) in [6.45, 7) is 6.51.